The van der Waals surface area contributed by atoms with Gasteiger partial charge in [-0.2, -0.15) is 0 Å². The van der Waals surface area contributed by atoms with E-state index in [0.29, 0.717) is 25.2 Å². The van der Waals surface area contributed by atoms with Crippen molar-refractivity contribution in [2.24, 2.45) is 5.92 Å². The molecule has 0 fully saturated rings. The summed E-state index contributed by atoms with van der Waals surface area (Å²) in [4.78, 5) is 11.2. The second kappa shape index (κ2) is 7.01. The number of benzene rings is 1. The van der Waals surface area contributed by atoms with E-state index in [2.05, 4.69) is 10.6 Å². The lowest BCUT2D eigenvalue weighted by molar-refractivity contribution is -0.123. The summed E-state index contributed by atoms with van der Waals surface area (Å²) in [6, 6.07) is 6.66. The zero-order chi connectivity index (χ0) is 12.7. The molecule has 0 aliphatic heterocycles. The number of carbonyl (C=O) groups is 1. The maximum atomic E-state index is 13.2. The highest BCUT2D eigenvalue weighted by Gasteiger charge is 2.04. The van der Waals surface area contributed by atoms with Crippen LogP contribution >= 0.6 is 0 Å². The second-order valence-corrected chi connectivity index (χ2v) is 4.21. The molecule has 1 aromatic carbocycles. The first-order valence-corrected chi connectivity index (χ1v) is 5.83. The van der Waals surface area contributed by atoms with Crippen LogP contribution in [-0.2, 0) is 11.3 Å². The minimum absolute atomic E-state index is 0.00145. The van der Waals surface area contributed by atoms with Gasteiger partial charge in [-0.1, -0.05) is 32.0 Å². The first-order chi connectivity index (χ1) is 8.11. The fourth-order valence-electron chi connectivity index (χ4n) is 1.34. The maximum Gasteiger partial charge on any atom is 0.222 e. The summed E-state index contributed by atoms with van der Waals surface area (Å²) >= 11 is 0. The molecule has 0 saturated carbocycles. The van der Waals surface area contributed by atoms with Crippen molar-refractivity contribution < 1.29 is 9.18 Å². The van der Waals surface area contributed by atoms with Crippen LogP contribution in [0, 0.1) is 11.7 Å². The van der Waals surface area contributed by atoms with E-state index in [1.165, 1.54) is 6.07 Å². The predicted molar refractivity (Wildman–Crippen MR) is 66.0 cm³/mol. The molecule has 4 heteroatoms. The van der Waals surface area contributed by atoms with Crippen LogP contribution in [0.4, 0.5) is 4.39 Å². The molecule has 0 saturated heterocycles. The van der Waals surface area contributed by atoms with Crippen molar-refractivity contribution in [3.63, 3.8) is 0 Å². The van der Waals surface area contributed by atoms with E-state index in [1.54, 1.807) is 18.2 Å². The lowest BCUT2D eigenvalue weighted by Crippen LogP contribution is -2.34. The molecule has 0 bridgehead atoms. The third kappa shape index (κ3) is 4.95. The molecule has 2 N–H and O–H groups in total. The standard InChI is InChI=1S/C13H19FN2O/c1-10(2)13(17)16-8-7-15-9-11-5-3-4-6-12(11)14/h3-6,10,15H,7-9H2,1-2H3,(H,16,17). The number of rotatable bonds is 6. The molecule has 0 aliphatic carbocycles. The van der Waals surface area contributed by atoms with Crippen LogP contribution in [0.1, 0.15) is 19.4 Å². The first-order valence-electron chi connectivity index (χ1n) is 5.83. The minimum atomic E-state index is -0.203. The quantitative estimate of drug-likeness (QED) is 0.740. The van der Waals surface area contributed by atoms with Crippen molar-refractivity contribution in [3.05, 3.63) is 35.6 Å². The van der Waals surface area contributed by atoms with E-state index in [1.807, 2.05) is 13.8 Å². The van der Waals surface area contributed by atoms with E-state index in [9.17, 15) is 9.18 Å². The molecule has 1 aromatic rings. The average Bonchev–Trinajstić information content (AvgIpc) is 2.30. The number of carbonyl (C=O) groups excluding carboxylic acids is 1. The number of amides is 1. The second-order valence-electron chi connectivity index (χ2n) is 4.21. The molecule has 0 aromatic heterocycles. The largest absolute Gasteiger partial charge is 0.355 e. The molecule has 1 rings (SSSR count). The number of halogens is 1. The Kier molecular flexibility index (Phi) is 5.63. The summed E-state index contributed by atoms with van der Waals surface area (Å²) in [5, 5.41) is 5.87. The van der Waals surface area contributed by atoms with Crippen LogP contribution in [0.15, 0.2) is 24.3 Å². The Morgan fingerprint density at radius 2 is 2.00 bits per heavy atom. The van der Waals surface area contributed by atoms with Crippen molar-refractivity contribution in [1.29, 1.82) is 0 Å². The molecule has 17 heavy (non-hydrogen) atoms. The van der Waals surface area contributed by atoms with E-state index in [0.717, 1.165) is 0 Å². The average molecular weight is 238 g/mol. The Bertz CT molecular complexity index is 366. The zero-order valence-electron chi connectivity index (χ0n) is 10.3. The van der Waals surface area contributed by atoms with Crippen LogP contribution in [-0.4, -0.2) is 19.0 Å². The van der Waals surface area contributed by atoms with Crippen LogP contribution in [0.5, 0.6) is 0 Å². The molecule has 0 unspecified atom stereocenters. The fraction of sp³-hybridized carbons (Fsp3) is 0.462. The lowest BCUT2D eigenvalue weighted by atomic mass is 10.2. The van der Waals surface area contributed by atoms with Gasteiger partial charge in [0, 0.05) is 31.1 Å². The molecule has 3 nitrogen and oxygen atoms in total. The van der Waals surface area contributed by atoms with Crippen molar-refractivity contribution in [1.82, 2.24) is 10.6 Å². The van der Waals surface area contributed by atoms with Gasteiger partial charge < -0.3 is 10.6 Å². The summed E-state index contributed by atoms with van der Waals surface area (Å²) in [6.07, 6.45) is 0. The van der Waals surface area contributed by atoms with Gasteiger partial charge in [-0.3, -0.25) is 4.79 Å². The maximum absolute atomic E-state index is 13.2. The Hall–Kier alpha value is -1.42. The molecular weight excluding hydrogens is 219 g/mol. The van der Waals surface area contributed by atoms with Gasteiger partial charge in [0.1, 0.15) is 5.82 Å². The molecular formula is C13H19FN2O. The molecule has 0 heterocycles. The van der Waals surface area contributed by atoms with Gasteiger partial charge in [0.2, 0.25) is 5.91 Å². The summed E-state index contributed by atoms with van der Waals surface area (Å²) < 4.78 is 13.2. The lowest BCUT2D eigenvalue weighted by Gasteiger charge is -2.09. The molecule has 0 radical (unpaired) electrons. The topological polar surface area (TPSA) is 41.1 Å². The SMILES string of the molecule is CC(C)C(=O)NCCNCc1ccccc1F. The molecule has 94 valence electrons. The van der Waals surface area contributed by atoms with Gasteiger partial charge in [0.15, 0.2) is 0 Å². The van der Waals surface area contributed by atoms with Crippen LogP contribution in [0.25, 0.3) is 0 Å². The number of nitrogens with one attached hydrogen (secondary N) is 2. The van der Waals surface area contributed by atoms with Gasteiger partial charge in [-0.25, -0.2) is 4.39 Å². The highest BCUT2D eigenvalue weighted by molar-refractivity contribution is 5.77. The Labute approximate surface area is 101 Å². The summed E-state index contributed by atoms with van der Waals surface area (Å²) in [6.45, 7) is 5.37. The fourth-order valence-corrected chi connectivity index (χ4v) is 1.34. The highest BCUT2D eigenvalue weighted by Crippen LogP contribution is 2.04. The van der Waals surface area contributed by atoms with Crippen molar-refractivity contribution in [3.8, 4) is 0 Å². The van der Waals surface area contributed by atoms with E-state index < -0.39 is 0 Å². The van der Waals surface area contributed by atoms with Gasteiger partial charge in [-0.05, 0) is 6.07 Å². The van der Waals surface area contributed by atoms with Crippen LogP contribution in [0.3, 0.4) is 0 Å². The van der Waals surface area contributed by atoms with E-state index in [4.69, 9.17) is 0 Å². The predicted octanol–water partition coefficient (Wildman–Crippen LogP) is 1.69. The monoisotopic (exact) mass is 238 g/mol. The Morgan fingerprint density at radius 3 is 2.65 bits per heavy atom. The van der Waals surface area contributed by atoms with E-state index >= 15 is 0 Å². The van der Waals surface area contributed by atoms with Crippen molar-refractivity contribution in [2.45, 2.75) is 20.4 Å². The van der Waals surface area contributed by atoms with E-state index in [-0.39, 0.29) is 17.6 Å². The molecule has 0 atom stereocenters. The van der Waals surface area contributed by atoms with Gasteiger partial charge >= 0.3 is 0 Å². The van der Waals surface area contributed by atoms with Crippen LogP contribution in [0.2, 0.25) is 0 Å². The highest BCUT2D eigenvalue weighted by atomic mass is 19.1. The summed E-state index contributed by atoms with van der Waals surface area (Å²) in [5.74, 6) is -0.162. The minimum Gasteiger partial charge on any atom is -0.355 e. The van der Waals surface area contributed by atoms with Gasteiger partial charge in [0.05, 0.1) is 0 Å². The molecule has 1 amide bonds. The van der Waals surface area contributed by atoms with Crippen molar-refractivity contribution >= 4 is 5.91 Å². The summed E-state index contributed by atoms with van der Waals surface area (Å²) in [5.41, 5.74) is 0.641. The third-order valence-electron chi connectivity index (χ3n) is 2.40. The first kappa shape index (κ1) is 13.6. The Morgan fingerprint density at radius 1 is 1.29 bits per heavy atom. The summed E-state index contributed by atoms with van der Waals surface area (Å²) in [7, 11) is 0. The van der Waals surface area contributed by atoms with Crippen LogP contribution < -0.4 is 10.6 Å². The third-order valence-corrected chi connectivity index (χ3v) is 2.40. The zero-order valence-corrected chi connectivity index (χ0v) is 10.3. The molecule has 0 aliphatic rings. The van der Waals surface area contributed by atoms with Gasteiger partial charge in [0.25, 0.3) is 0 Å². The van der Waals surface area contributed by atoms with Gasteiger partial charge in [-0.15, -0.1) is 0 Å². The van der Waals surface area contributed by atoms with Crippen molar-refractivity contribution in [2.75, 3.05) is 13.1 Å². The Balaban J connectivity index is 2.17. The normalized spacial score (nSPS) is 10.6. The number of hydrogen-bond donors (Lipinski definition) is 2. The smallest absolute Gasteiger partial charge is 0.222 e. The molecule has 0 spiro atoms. The number of hydrogen-bond acceptors (Lipinski definition) is 2.